The molecule has 1 amide bonds. The molecule has 2 rings (SSSR count). The van der Waals surface area contributed by atoms with E-state index in [1.807, 2.05) is 24.3 Å². The van der Waals surface area contributed by atoms with Gasteiger partial charge in [-0.1, -0.05) is 34.1 Å². The summed E-state index contributed by atoms with van der Waals surface area (Å²) in [5.41, 5.74) is 4.23. The molecule has 80 valence electrons. The summed E-state index contributed by atoms with van der Waals surface area (Å²) >= 11 is 3.48. The fourth-order valence-corrected chi connectivity index (χ4v) is 2.03. The summed E-state index contributed by atoms with van der Waals surface area (Å²) in [4.78, 5) is 11.6. The Bertz CT molecular complexity index is 367. The first-order valence-electron chi connectivity index (χ1n) is 5.04. The highest BCUT2D eigenvalue weighted by molar-refractivity contribution is 9.10. The molecule has 1 aromatic carbocycles. The molecule has 4 heteroatoms. The van der Waals surface area contributed by atoms with Gasteiger partial charge in [0.25, 0.3) is 0 Å². The average molecular weight is 269 g/mol. The van der Waals surface area contributed by atoms with Gasteiger partial charge in [0, 0.05) is 17.4 Å². The fourth-order valence-electron chi connectivity index (χ4n) is 1.62. The van der Waals surface area contributed by atoms with Crippen molar-refractivity contribution in [2.45, 2.75) is 19.4 Å². The fraction of sp³-hybridized carbons (Fsp3) is 0.364. The smallest absolute Gasteiger partial charge is 0.237 e. The van der Waals surface area contributed by atoms with Gasteiger partial charge in [0.2, 0.25) is 5.91 Å². The molecule has 1 saturated heterocycles. The van der Waals surface area contributed by atoms with Crippen LogP contribution in [0.15, 0.2) is 28.7 Å². The van der Waals surface area contributed by atoms with Crippen LogP contribution in [0.2, 0.25) is 0 Å². The molecule has 1 N–H and O–H groups in total. The molecule has 0 bridgehead atoms. The molecule has 0 saturated carbocycles. The molecular weight excluding hydrogens is 256 g/mol. The second-order valence-electron chi connectivity index (χ2n) is 3.58. The molecule has 1 aliphatic heterocycles. The normalized spacial score (nSPS) is 16.9. The Balaban J connectivity index is 2.08. The van der Waals surface area contributed by atoms with E-state index in [0.717, 1.165) is 23.0 Å². The number of benzene rings is 1. The Kier molecular flexibility index (Phi) is 3.38. The van der Waals surface area contributed by atoms with Crippen LogP contribution in [0.4, 0.5) is 0 Å². The van der Waals surface area contributed by atoms with Crippen LogP contribution in [0.1, 0.15) is 18.4 Å². The molecule has 1 heterocycles. The Morgan fingerprint density at radius 1 is 1.40 bits per heavy atom. The minimum Gasteiger partial charge on any atom is -0.274 e. The number of hydrogen-bond donors (Lipinski definition) is 1. The third kappa shape index (κ3) is 2.58. The van der Waals surface area contributed by atoms with E-state index in [0.29, 0.717) is 13.0 Å². The zero-order valence-corrected chi connectivity index (χ0v) is 9.96. The van der Waals surface area contributed by atoms with Gasteiger partial charge in [0.05, 0.1) is 6.54 Å². The van der Waals surface area contributed by atoms with Crippen LogP contribution >= 0.6 is 15.9 Å². The second-order valence-corrected chi connectivity index (χ2v) is 4.44. The van der Waals surface area contributed by atoms with Crippen LogP contribution in [-0.4, -0.2) is 17.5 Å². The molecule has 1 aromatic rings. The maximum atomic E-state index is 11.6. The molecule has 0 aromatic heterocycles. The predicted octanol–water partition coefficient (Wildman–Crippen LogP) is 2.08. The summed E-state index contributed by atoms with van der Waals surface area (Å²) in [6.07, 6.45) is 1.59. The van der Waals surface area contributed by atoms with Crippen LogP contribution < -0.4 is 5.43 Å². The van der Waals surface area contributed by atoms with E-state index in [1.54, 1.807) is 5.01 Å². The minimum atomic E-state index is 0.178. The van der Waals surface area contributed by atoms with Crippen LogP contribution in [0.25, 0.3) is 0 Å². The number of hydrogen-bond acceptors (Lipinski definition) is 2. The Labute approximate surface area is 97.6 Å². The molecule has 1 fully saturated rings. The van der Waals surface area contributed by atoms with Crippen molar-refractivity contribution in [1.29, 1.82) is 0 Å². The highest BCUT2D eigenvalue weighted by Gasteiger charge is 2.18. The summed E-state index contributed by atoms with van der Waals surface area (Å²) in [6.45, 7) is 1.51. The van der Waals surface area contributed by atoms with E-state index >= 15 is 0 Å². The summed E-state index contributed by atoms with van der Waals surface area (Å²) in [6, 6.07) is 7.96. The molecule has 0 atom stereocenters. The van der Waals surface area contributed by atoms with Gasteiger partial charge in [0.1, 0.15) is 0 Å². The van der Waals surface area contributed by atoms with Gasteiger partial charge < -0.3 is 0 Å². The average Bonchev–Trinajstić information content (AvgIpc) is 2.24. The van der Waals surface area contributed by atoms with Gasteiger partial charge in [-0.3, -0.25) is 9.80 Å². The molecule has 0 radical (unpaired) electrons. The van der Waals surface area contributed by atoms with Crippen molar-refractivity contribution < 1.29 is 4.79 Å². The Morgan fingerprint density at radius 3 is 2.93 bits per heavy atom. The molecule has 0 spiro atoms. The van der Waals surface area contributed by atoms with Gasteiger partial charge in [0.15, 0.2) is 0 Å². The van der Waals surface area contributed by atoms with Crippen LogP contribution in [0, 0.1) is 0 Å². The maximum absolute atomic E-state index is 11.6. The van der Waals surface area contributed by atoms with E-state index in [9.17, 15) is 4.79 Å². The number of halogens is 1. The van der Waals surface area contributed by atoms with Gasteiger partial charge in [-0.2, -0.15) is 0 Å². The lowest BCUT2D eigenvalue weighted by Gasteiger charge is -2.27. The van der Waals surface area contributed by atoms with Crippen LogP contribution in [0.5, 0.6) is 0 Å². The first-order valence-corrected chi connectivity index (χ1v) is 5.84. The molecule has 0 unspecified atom stereocenters. The van der Waals surface area contributed by atoms with Gasteiger partial charge >= 0.3 is 0 Å². The highest BCUT2D eigenvalue weighted by Crippen LogP contribution is 2.18. The van der Waals surface area contributed by atoms with Crippen LogP contribution in [-0.2, 0) is 11.3 Å². The van der Waals surface area contributed by atoms with Crippen LogP contribution in [0.3, 0.4) is 0 Å². The molecule has 1 aliphatic rings. The van der Waals surface area contributed by atoms with Gasteiger partial charge in [-0.25, -0.2) is 5.43 Å². The maximum Gasteiger partial charge on any atom is 0.237 e. The van der Waals surface area contributed by atoms with E-state index < -0.39 is 0 Å². The van der Waals surface area contributed by atoms with E-state index in [1.165, 1.54) is 0 Å². The second kappa shape index (κ2) is 4.77. The van der Waals surface area contributed by atoms with Crippen molar-refractivity contribution in [2.75, 3.05) is 6.54 Å². The number of amides is 1. The van der Waals surface area contributed by atoms with E-state index in [4.69, 9.17) is 0 Å². The van der Waals surface area contributed by atoms with Crippen molar-refractivity contribution in [1.82, 2.24) is 10.4 Å². The summed E-state index contributed by atoms with van der Waals surface area (Å²) in [7, 11) is 0. The van der Waals surface area contributed by atoms with Crippen molar-refractivity contribution in [3.05, 3.63) is 34.3 Å². The van der Waals surface area contributed by atoms with Crippen molar-refractivity contribution >= 4 is 21.8 Å². The summed E-state index contributed by atoms with van der Waals surface area (Å²) < 4.78 is 1.05. The molecule has 3 nitrogen and oxygen atoms in total. The molecule has 0 aliphatic carbocycles. The van der Waals surface area contributed by atoms with Gasteiger partial charge in [-0.05, 0) is 18.1 Å². The largest absolute Gasteiger partial charge is 0.274 e. The SMILES string of the molecule is O=C1CCCNN1Cc1ccccc1Br. The predicted molar refractivity (Wildman–Crippen MR) is 61.9 cm³/mol. The number of hydrazine groups is 1. The molecule has 15 heavy (non-hydrogen) atoms. The van der Waals surface area contributed by atoms with Crippen molar-refractivity contribution in [3.63, 3.8) is 0 Å². The first kappa shape index (κ1) is 10.6. The van der Waals surface area contributed by atoms with Crippen molar-refractivity contribution in [2.24, 2.45) is 0 Å². The Hall–Kier alpha value is -0.870. The van der Waals surface area contributed by atoms with E-state index in [-0.39, 0.29) is 5.91 Å². The van der Waals surface area contributed by atoms with Gasteiger partial charge in [-0.15, -0.1) is 0 Å². The number of nitrogens with zero attached hydrogens (tertiary/aromatic N) is 1. The highest BCUT2D eigenvalue weighted by atomic mass is 79.9. The number of nitrogens with one attached hydrogen (secondary N) is 1. The lowest BCUT2D eigenvalue weighted by molar-refractivity contribution is -0.137. The third-order valence-corrected chi connectivity index (χ3v) is 3.23. The minimum absolute atomic E-state index is 0.178. The zero-order chi connectivity index (χ0) is 10.7. The van der Waals surface area contributed by atoms with E-state index in [2.05, 4.69) is 21.4 Å². The lowest BCUT2D eigenvalue weighted by Crippen LogP contribution is -2.46. The Morgan fingerprint density at radius 2 is 2.20 bits per heavy atom. The first-order chi connectivity index (χ1) is 7.27. The lowest BCUT2D eigenvalue weighted by atomic mass is 10.2. The van der Waals surface area contributed by atoms with Crippen molar-refractivity contribution in [3.8, 4) is 0 Å². The molecular formula is C11H13BrN2O. The zero-order valence-electron chi connectivity index (χ0n) is 8.37. The number of carbonyl (C=O) groups is 1. The third-order valence-electron chi connectivity index (χ3n) is 2.46. The quantitative estimate of drug-likeness (QED) is 0.891. The summed E-state index contributed by atoms with van der Waals surface area (Å²) in [5.74, 6) is 0.178. The monoisotopic (exact) mass is 268 g/mol. The standard InChI is InChI=1S/C11H13BrN2O/c12-10-5-2-1-4-9(10)8-14-11(15)6-3-7-13-14/h1-2,4-5,13H,3,6-8H2. The topological polar surface area (TPSA) is 32.3 Å². The number of rotatable bonds is 2. The number of carbonyl (C=O) groups excluding carboxylic acids is 1. The summed E-state index contributed by atoms with van der Waals surface area (Å²) in [5, 5.41) is 1.70.